The van der Waals surface area contributed by atoms with Crippen molar-refractivity contribution in [3.8, 4) is 0 Å². The van der Waals surface area contributed by atoms with Crippen molar-refractivity contribution in [1.29, 1.82) is 0 Å². The standard InChI is InChI=1S/C5H12Cl2PS/c1-4-8(6,7)9-5(2)3/h5H,4H2,1-3H3/q+1. The normalized spacial score (nSPS) is 12.2. The molecule has 0 spiro atoms. The van der Waals surface area contributed by atoms with E-state index < -0.39 is 4.74 Å². The topological polar surface area (TPSA) is 0 Å². The molecule has 0 unspecified atom stereocenters. The first-order chi connectivity index (χ1) is 3.98. The van der Waals surface area contributed by atoms with Crippen LogP contribution in [0.1, 0.15) is 20.8 Å². The molecule has 9 heavy (non-hydrogen) atoms. The van der Waals surface area contributed by atoms with E-state index in [2.05, 4.69) is 13.8 Å². The highest BCUT2D eigenvalue weighted by atomic mass is 35.9. The van der Waals surface area contributed by atoms with Crippen molar-refractivity contribution in [3.63, 3.8) is 0 Å². The molecule has 0 rings (SSSR count). The first kappa shape index (κ1) is 10.2. The summed E-state index contributed by atoms with van der Waals surface area (Å²) in [7, 11) is 1.70. The van der Waals surface area contributed by atoms with Crippen molar-refractivity contribution >= 4 is 38.2 Å². The summed E-state index contributed by atoms with van der Waals surface area (Å²) in [5.41, 5.74) is 0. The lowest BCUT2D eigenvalue weighted by Crippen LogP contribution is -1.88. The fourth-order valence-corrected chi connectivity index (χ4v) is 6.32. The summed E-state index contributed by atoms with van der Waals surface area (Å²) in [6.45, 7) is 6.25. The third kappa shape index (κ3) is 5.66. The smallest absolute Gasteiger partial charge is 0.0546 e. The molecule has 4 heteroatoms. The van der Waals surface area contributed by atoms with Gasteiger partial charge in [-0.1, -0.05) is 6.92 Å². The van der Waals surface area contributed by atoms with E-state index >= 15 is 0 Å². The Morgan fingerprint density at radius 2 is 1.89 bits per heavy atom. The van der Waals surface area contributed by atoms with E-state index in [9.17, 15) is 0 Å². The second-order valence-electron chi connectivity index (χ2n) is 2.04. The summed E-state index contributed by atoms with van der Waals surface area (Å²) in [6.07, 6.45) is 0.902. The van der Waals surface area contributed by atoms with E-state index in [1.54, 1.807) is 10.9 Å². The fourth-order valence-electron chi connectivity index (χ4n) is 0.383. The second-order valence-corrected chi connectivity index (χ2v) is 12.7. The van der Waals surface area contributed by atoms with Crippen LogP contribution in [0.4, 0.5) is 0 Å². The molecular formula is C5H12Cl2PS+. The van der Waals surface area contributed by atoms with Crippen LogP contribution in [-0.2, 0) is 10.9 Å². The van der Waals surface area contributed by atoms with Crippen LogP contribution in [0.15, 0.2) is 0 Å². The predicted octanol–water partition coefficient (Wildman–Crippen LogP) is 3.74. The zero-order chi connectivity index (χ0) is 7.49. The van der Waals surface area contributed by atoms with Crippen LogP contribution in [0.5, 0.6) is 0 Å². The maximum absolute atomic E-state index is 5.96. The fraction of sp³-hybridized carbons (Fsp3) is 1.00. The Kier molecular flexibility index (Phi) is 4.75. The SMILES string of the molecule is CCP(Cl)(Cl)=[S+]C(C)C. The number of rotatable bonds is 2. The average Bonchev–Trinajstić information content (AvgIpc) is 1.63. The van der Waals surface area contributed by atoms with Gasteiger partial charge < -0.3 is 0 Å². The van der Waals surface area contributed by atoms with E-state index in [1.807, 2.05) is 6.92 Å². The summed E-state index contributed by atoms with van der Waals surface area (Å²) in [4.78, 5) is 0. The van der Waals surface area contributed by atoms with Gasteiger partial charge in [0.15, 0.2) is 16.2 Å². The molecule has 0 aromatic rings. The molecule has 0 aromatic heterocycles. The van der Waals surface area contributed by atoms with Gasteiger partial charge in [-0.15, -0.1) is 0 Å². The quantitative estimate of drug-likeness (QED) is 0.477. The summed E-state index contributed by atoms with van der Waals surface area (Å²) < 4.78 is -1.62. The van der Waals surface area contributed by atoms with Crippen molar-refractivity contribution in [2.45, 2.75) is 26.0 Å². The monoisotopic (exact) mass is 205 g/mol. The third-order valence-electron chi connectivity index (χ3n) is 0.733. The zero-order valence-electron chi connectivity index (χ0n) is 5.90. The van der Waals surface area contributed by atoms with Crippen LogP contribution in [-0.4, -0.2) is 11.4 Å². The molecule has 56 valence electrons. The van der Waals surface area contributed by atoms with Crippen LogP contribution in [0.2, 0.25) is 0 Å². The van der Waals surface area contributed by atoms with E-state index in [0.717, 1.165) is 6.16 Å². The van der Waals surface area contributed by atoms with Gasteiger partial charge in [-0.2, -0.15) is 0 Å². The molecule has 0 amide bonds. The molecule has 0 aliphatic rings. The summed E-state index contributed by atoms with van der Waals surface area (Å²) in [5, 5.41) is 0.549. The van der Waals surface area contributed by atoms with Crippen molar-refractivity contribution < 1.29 is 0 Å². The Morgan fingerprint density at radius 3 is 2.00 bits per heavy atom. The number of halogens is 2. The lowest BCUT2D eigenvalue weighted by molar-refractivity contribution is 1.12. The summed E-state index contributed by atoms with van der Waals surface area (Å²) in [5.74, 6) is 0. The largest absolute Gasteiger partial charge is 0.294 e. The van der Waals surface area contributed by atoms with Crippen LogP contribution in [0.25, 0.3) is 0 Å². The number of hydrogen-bond donors (Lipinski definition) is 0. The van der Waals surface area contributed by atoms with Crippen LogP contribution < -0.4 is 0 Å². The minimum atomic E-state index is -1.62. The van der Waals surface area contributed by atoms with Crippen molar-refractivity contribution in [3.05, 3.63) is 0 Å². The average molecular weight is 206 g/mol. The molecule has 0 aliphatic carbocycles. The first-order valence-electron chi connectivity index (χ1n) is 2.93. The summed E-state index contributed by atoms with van der Waals surface area (Å²) in [6, 6.07) is 0. The van der Waals surface area contributed by atoms with E-state index in [0.29, 0.717) is 5.25 Å². The second kappa shape index (κ2) is 4.18. The van der Waals surface area contributed by atoms with Crippen molar-refractivity contribution in [2.24, 2.45) is 0 Å². The number of hydrogen-bond acceptors (Lipinski definition) is 0. The molecule has 0 saturated heterocycles. The van der Waals surface area contributed by atoms with Gasteiger partial charge in [-0.25, -0.2) is 0 Å². The highest BCUT2D eigenvalue weighted by molar-refractivity contribution is 8.44. The van der Waals surface area contributed by atoms with Gasteiger partial charge in [0.05, 0.1) is 0 Å². The molecule has 0 bridgehead atoms. The molecule has 0 atom stereocenters. The molecular weight excluding hydrogens is 194 g/mol. The molecule has 0 heterocycles. The Labute approximate surface area is 70.5 Å². The molecule has 0 aromatic carbocycles. The van der Waals surface area contributed by atoms with Gasteiger partial charge in [0, 0.05) is 6.16 Å². The minimum Gasteiger partial charge on any atom is -0.0546 e. The van der Waals surface area contributed by atoms with Gasteiger partial charge in [0.25, 0.3) is 4.74 Å². The van der Waals surface area contributed by atoms with Crippen LogP contribution in [0.3, 0.4) is 0 Å². The molecule has 0 radical (unpaired) electrons. The Morgan fingerprint density at radius 1 is 1.44 bits per heavy atom. The predicted molar refractivity (Wildman–Crippen MR) is 51.7 cm³/mol. The maximum Gasteiger partial charge on any atom is 0.294 e. The Bertz CT molecular complexity index is 127. The molecule has 0 fully saturated rings. The third-order valence-corrected chi connectivity index (χ3v) is 8.03. The van der Waals surface area contributed by atoms with Crippen LogP contribution >= 0.6 is 27.2 Å². The lowest BCUT2D eigenvalue weighted by atomic mass is 10.6. The van der Waals surface area contributed by atoms with Gasteiger partial charge in [0.2, 0.25) is 0 Å². The van der Waals surface area contributed by atoms with Gasteiger partial charge in [-0.3, -0.25) is 0 Å². The molecule has 0 aliphatic heterocycles. The molecule has 0 nitrogen and oxygen atoms in total. The Hall–Kier alpha value is 1.23. The first-order valence-corrected chi connectivity index (χ1v) is 8.20. The van der Waals surface area contributed by atoms with Gasteiger partial charge >= 0.3 is 0 Å². The highest BCUT2D eigenvalue weighted by Crippen LogP contribution is 2.58. The maximum atomic E-state index is 5.96. The van der Waals surface area contributed by atoms with Crippen LogP contribution in [0, 0.1) is 0 Å². The van der Waals surface area contributed by atoms with E-state index in [1.165, 1.54) is 0 Å². The lowest BCUT2D eigenvalue weighted by Gasteiger charge is -1.91. The van der Waals surface area contributed by atoms with Gasteiger partial charge in [-0.05, 0) is 36.3 Å². The van der Waals surface area contributed by atoms with E-state index in [-0.39, 0.29) is 0 Å². The zero-order valence-corrected chi connectivity index (χ0v) is 9.12. The minimum absolute atomic E-state index is 0.549. The summed E-state index contributed by atoms with van der Waals surface area (Å²) >= 11 is 11.9. The van der Waals surface area contributed by atoms with Gasteiger partial charge in [0.1, 0.15) is 0 Å². The van der Waals surface area contributed by atoms with Crippen molar-refractivity contribution in [2.75, 3.05) is 6.16 Å². The van der Waals surface area contributed by atoms with E-state index in [4.69, 9.17) is 22.5 Å². The molecule has 0 saturated carbocycles. The molecule has 0 N–H and O–H groups in total. The van der Waals surface area contributed by atoms with Crippen molar-refractivity contribution in [1.82, 2.24) is 0 Å². The Balaban J connectivity index is 4.10. The highest BCUT2D eigenvalue weighted by Gasteiger charge is 2.21.